The minimum absolute atomic E-state index is 0.0981. The molecule has 0 spiro atoms. The SMILES string of the molecule is COc1ccc2c(c1)C(=O)N(C[C@]1(C#Cc3ccc(C(C)O)cc3)NC(=O)NC1=O)C2. The summed E-state index contributed by atoms with van der Waals surface area (Å²) in [5.41, 5.74) is 1.09. The highest BCUT2D eigenvalue weighted by molar-refractivity contribution is 6.10. The molecule has 4 amide bonds. The van der Waals surface area contributed by atoms with Gasteiger partial charge in [-0.25, -0.2) is 4.79 Å². The molecule has 2 atom stereocenters. The Kier molecular flexibility index (Phi) is 5.13. The fraction of sp³-hybridized carbons (Fsp3) is 0.261. The number of carbonyl (C=O) groups is 3. The van der Waals surface area contributed by atoms with Gasteiger partial charge in [0.05, 0.1) is 19.8 Å². The minimum atomic E-state index is -1.57. The van der Waals surface area contributed by atoms with Crippen LogP contribution in [-0.2, 0) is 11.3 Å². The fourth-order valence-electron chi connectivity index (χ4n) is 3.64. The summed E-state index contributed by atoms with van der Waals surface area (Å²) in [6.45, 7) is 1.86. The Bertz CT molecular complexity index is 1130. The third-order valence-electron chi connectivity index (χ3n) is 5.38. The molecule has 158 valence electrons. The molecule has 2 aromatic rings. The van der Waals surface area contributed by atoms with E-state index in [1.54, 1.807) is 49.4 Å². The highest BCUT2D eigenvalue weighted by atomic mass is 16.5. The lowest BCUT2D eigenvalue weighted by molar-refractivity contribution is -0.122. The number of fused-ring (bicyclic) bond motifs is 1. The van der Waals surface area contributed by atoms with E-state index < -0.39 is 23.6 Å². The summed E-state index contributed by atoms with van der Waals surface area (Å²) in [7, 11) is 1.52. The van der Waals surface area contributed by atoms with Crippen molar-refractivity contribution < 1.29 is 24.2 Å². The molecule has 0 aliphatic carbocycles. The van der Waals surface area contributed by atoms with Gasteiger partial charge in [0.25, 0.3) is 11.8 Å². The lowest BCUT2D eigenvalue weighted by Gasteiger charge is -2.26. The molecule has 2 aromatic carbocycles. The zero-order valence-corrected chi connectivity index (χ0v) is 17.1. The number of nitrogens with zero attached hydrogens (tertiary/aromatic N) is 1. The smallest absolute Gasteiger partial charge is 0.323 e. The summed E-state index contributed by atoms with van der Waals surface area (Å²) in [5, 5.41) is 14.4. The number of aliphatic hydroxyl groups excluding tert-OH is 1. The van der Waals surface area contributed by atoms with E-state index in [1.807, 2.05) is 0 Å². The van der Waals surface area contributed by atoms with E-state index >= 15 is 0 Å². The molecular weight excluding hydrogens is 398 g/mol. The molecule has 1 fully saturated rings. The molecule has 1 saturated heterocycles. The van der Waals surface area contributed by atoms with E-state index in [0.29, 0.717) is 23.4 Å². The van der Waals surface area contributed by atoms with Gasteiger partial charge in [-0.1, -0.05) is 30.0 Å². The molecular formula is C23H21N3O5. The molecule has 0 aromatic heterocycles. The summed E-state index contributed by atoms with van der Waals surface area (Å²) in [6, 6.07) is 11.5. The van der Waals surface area contributed by atoms with Crippen LogP contribution in [0.5, 0.6) is 5.75 Å². The van der Waals surface area contributed by atoms with E-state index in [-0.39, 0.29) is 12.5 Å². The monoisotopic (exact) mass is 419 g/mol. The summed E-state index contributed by atoms with van der Waals surface area (Å²) in [4.78, 5) is 38.9. The van der Waals surface area contributed by atoms with Gasteiger partial charge in [-0.2, -0.15) is 0 Å². The first-order chi connectivity index (χ1) is 14.8. The van der Waals surface area contributed by atoms with Crippen molar-refractivity contribution >= 4 is 17.8 Å². The third-order valence-corrected chi connectivity index (χ3v) is 5.38. The summed E-state index contributed by atoms with van der Waals surface area (Å²) < 4.78 is 5.19. The second-order valence-corrected chi connectivity index (χ2v) is 7.55. The Balaban J connectivity index is 1.62. The van der Waals surface area contributed by atoms with Crippen LogP contribution in [0.2, 0.25) is 0 Å². The van der Waals surface area contributed by atoms with Crippen molar-refractivity contribution in [3.05, 3.63) is 64.7 Å². The molecule has 0 radical (unpaired) electrons. The highest BCUT2D eigenvalue weighted by Gasteiger charge is 2.48. The van der Waals surface area contributed by atoms with E-state index in [1.165, 1.54) is 12.0 Å². The van der Waals surface area contributed by atoms with Crippen molar-refractivity contribution in [2.75, 3.05) is 13.7 Å². The summed E-state index contributed by atoms with van der Waals surface area (Å²) in [5.74, 6) is 5.47. The Morgan fingerprint density at radius 1 is 1.19 bits per heavy atom. The van der Waals surface area contributed by atoms with Gasteiger partial charge in [0, 0.05) is 17.7 Å². The van der Waals surface area contributed by atoms with Crippen molar-refractivity contribution in [3.63, 3.8) is 0 Å². The molecule has 3 N–H and O–H groups in total. The number of methoxy groups -OCH3 is 1. The third kappa shape index (κ3) is 3.83. The van der Waals surface area contributed by atoms with Crippen molar-refractivity contribution in [1.82, 2.24) is 15.5 Å². The summed E-state index contributed by atoms with van der Waals surface area (Å²) >= 11 is 0. The van der Waals surface area contributed by atoms with Gasteiger partial charge in [-0.15, -0.1) is 0 Å². The van der Waals surface area contributed by atoms with Crippen LogP contribution in [0.1, 0.15) is 40.1 Å². The lowest BCUT2D eigenvalue weighted by Crippen LogP contribution is -2.54. The van der Waals surface area contributed by atoms with Crippen LogP contribution in [0.25, 0.3) is 0 Å². The van der Waals surface area contributed by atoms with Gasteiger partial charge in [0.15, 0.2) is 0 Å². The average molecular weight is 419 g/mol. The van der Waals surface area contributed by atoms with E-state index in [2.05, 4.69) is 22.5 Å². The first kappa shape index (κ1) is 20.4. The van der Waals surface area contributed by atoms with Crippen molar-refractivity contribution in [2.45, 2.75) is 25.1 Å². The van der Waals surface area contributed by atoms with Gasteiger partial charge >= 0.3 is 6.03 Å². The maximum absolute atomic E-state index is 12.9. The molecule has 31 heavy (non-hydrogen) atoms. The Hall–Kier alpha value is -3.83. The second kappa shape index (κ2) is 7.78. The normalized spacial score (nSPS) is 20.5. The number of benzene rings is 2. The van der Waals surface area contributed by atoms with Gasteiger partial charge < -0.3 is 20.1 Å². The number of aliphatic hydroxyl groups is 1. The molecule has 0 saturated carbocycles. The van der Waals surface area contributed by atoms with Crippen LogP contribution < -0.4 is 15.4 Å². The predicted molar refractivity (Wildman–Crippen MR) is 111 cm³/mol. The number of amides is 4. The fourth-order valence-corrected chi connectivity index (χ4v) is 3.64. The molecule has 8 heteroatoms. The first-order valence-electron chi connectivity index (χ1n) is 9.72. The zero-order chi connectivity index (χ0) is 22.2. The molecule has 0 bridgehead atoms. The van der Waals surface area contributed by atoms with Crippen molar-refractivity contribution in [2.24, 2.45) is 0 Å². The van der Waals surface area contributed by atoms with Crippen LogP contribution in [0.4, 0.5) is 4.79 Å². The van der Waals surface area contributed by atoms with Gasteiger partial charge in [0.2, 0.25) is 5.54 Å². The maximum atomic E-state index is 12.9. The van der Waals surface area contributed by atoms with Crippen molar-refractivity contribution in [1.29, 1.82) is 0 Å². The van der Waals surface area contributed by atoms with Crippen LogP contribution in [0.3, 0.4) is 0 Å². The minimum Gasteiger partial charge on any atom is -0.497 e. The molecule has 8 nitrogen and oxygen atoms in total. The number of rotatable bonds is 4. The van der Waals surface area contributed by atoms with Gasteiger partial charge in [-0.05, 0) is 42.3 Å². The topological polar surface area (TPSA) is 108 Å². The lowest BCUT2D eigenvalue weighted by atomic mass is 9.98. The number of carbonyl (C=O) groups excluding carboxylic acids is 3. The number of urea groups is 1. The first-order valence-corrected chi connectivity index (χ1v) is 9.72. The summed E-state index contributed by atoms with van der Waals surface area (Å²) in [6.07, 6.45) is -0.602. The highest BCUT2D eigenvalue weighted by Crippen LogP contribution is 2.28. The quantitative estimate of drug-likeness (QED) is 0.512. The molecule has 2 aliphatic rings. The number of ether oxygens (including phenoxy) is 1. The molecule has 2 heterocycles. The average Bonchev–Trinajstić information content (AvgIpc) is 3.21. The maximum Gasteiger partial charge on any atom is 0.323 e. The molecule has 1 unspecified atom stereocenters. The number of hydrogen-bond donors (Lipinski definition) is 3. The number of hydrogen-bond acceptors (Lipinski definition) is 5. The zero-order valence-electron chi connectivity index (χ0n) is 17.1. The Morgan fingerprint density at radius 2 is 1.94 bits per heavy atom. The van der Waals surface area contributed by atoms with Crippen LogP contribution >= 0.6 is 0 Å². The molecule has 2 aliphatic heterocycles. The number of imide groups is 1. The van der Waals surface area contributed by atoms with E-state index in [4.69, 9.17) is 4.74 Å². The van der Waals surface area contributed by atoms with Crippen LogP contribution in [0, 0.1) is 11.8 Å². The largest absolute Gasteiger partial charge is 0.497 e. The van der Waals surface area contributed by atoms with Gasteiger partial charge in [0.1, 0.15) is 5.75 Å². The Morgan fingerprint density at radius 3 is 2.55 bits per heavy atom. The van der Waals surface area contributed by atoms with Crippen LogP contribution in [0.15, 0.2) is 42.5 Å². The van der Waals surface area contributed by atoms with Gasteiger partial charge in [-0.3, -0.25) is 14.9 Å². The Labute approximate surface area is 179 Å². The standard InChI is InChI=1S/C23H21N3O5/c1-14(27)16-5-3-15(4-6-16)9-10-23(21(29)24-22(30)25-23)13-26-12-17-7-8-18(31-2)11-19(17)20(26)28/h3-8,11,14,27H,12-13H2,1-2H3,(H2,24,25,29,30)/t14?,23-/m0/s1. The predicted octanol–water partition coefficient (Wildman–Crippen LogP) is 1.33. The van der Waals surface area contributed by atoms with E-state index in [0.717, 1.165) is 11.1 Å². The second-order valence-electron chi connectivity index (χ2n) is 7.55. The van der Waals surface area contributed by atoms with E-state index in [9.17, 15) is 19.5 Å². The van der Waals surface area contributed by atoms with Crippen molar-refractivity contribution in [3.8, 4) is 17.6 Å². The van der Waals surface area contributed by atoms with Crippen LogP contribution in [-0.4, -0.2) is 47.0 Å². The number of nitrogens with one attached hydrogen (secondary N) is 2. The molecule has 4 rings (SSSR count).